The van der Waals surface area contributed by atoms with Crippen LogP contribution < -0.4 is 5.32 Å². The number of para-hydroxylation sites is 1. The first kappa shape index (κ1) is 13.2. The van der Waals surface area contributed by atoms with Crippen LogP contribution in [0.25, 0.3) is 11.4 Å². The highest BCUT2D eigenvalue weighted by atomic mass is 16.3. The first-order valence-corrected chi connectivity index (χ1v) is 6.04. The number of carbonyl (C=O) groups excluding carboxylic acids is 1. The summed E-state index contributed by atoms with van der Waals surface area (Å²) in [7, 11) is 0. The molecule has 1 aromatic heterocycles. The number of hydrogen-bond donors (Lipinski definition) is 3. The van der Waals surface area contributed by atoms with Crippen LogP contribution in [0.1, 0.15) is 25.6 Å². The molecule has 0 saturated carbocycles. The van der Waals surface area contributed by atoms with E-state index in [0.717, 1.165) is 5.82 Å². The first-order chi connectivity index (χ1) is 9.11. The van der Waals surface area contributed by atoms with Crippen LogP contribution in [0.5, 0.6) is 0 Å². The number of nitrogens with zero attached hydrogens (tertiary/aromatic N) is 2. The lowest BCUT2D eigenvalue weighted by Gasteiger charge is -2.07. The maximum Gasteiger partial charge on any atom is 0.250 e. The lowest BCUT2D eigenvalue weighted by atomic mass is 10.1. The zero-order valence-electron chi connectivity index (χ0n) is 10.8. The fraction of sp³-hybridized carbons (Fsp3) is 0.308. The molecule has 19 heavy (non-hydrogen) atoms. The minimum atomic E-state index is -0.556. The lowest BCUT2D eigenvalue weighted by molar-refractivity contribution is -0.118. The standard InChI is InChI=1S/C13H16N4O2/c1-8(2)12-15-13(17-16-12)9-5-3-4-6-10(9)14-11(19)7-18/h3-6,8,18H,7H2,1-2H3,(H,14,19)(H,15,16,17). The van der Waals surface area contributed by atoms with E-state index in [4.69, 9.17) is 5.11 Å². The largest absolute Gasteiger partial charge is 0.387 e. The van der Waals surface area contributed by atoms with Gasteiger partial charge in [-0.05, 0) is 12.1 Å². The van der Waals surface area contributed by atoms with Crippen molar-refractivity contribution in [3.63, 3.8) is 0 Å². The molecule has 0 atom stereocenters. The second-order valence-electron chi connectivity index (χ2n) is 4.45. The van der Waals surface area contributed by atoms with E-state index in [1.807, 2.05) is 26.0 Å². The Morgan fingerprint density at radius 3 is 2.79 bits per heavy atom. The average Bonchev–Trinajstić information content (AvgIpc) is 2.89. The van der Waals surface area contributed by atoms with Crippen molar-refractivity contribution in [2.45, 2.75) is 19.8 Å². The SMILES string of the molecule is CC(C)c1nc(-c2ccccc2NC(=O)CO)n[nH]1. The van der Waals surface area contributed by atoms with Gasteiger partial charge in [-0.25, -0.2) is 4.98 Å². The van der Waals surface area contributed by atoms with Gasteiger partial charge in [-0.1, -0.05) is 26.0 Å². The third kappa shape index (κ3) is 2.97. The Kier molecular flexibility index (Phi) is 3.91. The summed E-state index contributed by atoms with van der Waals surface area (Å²) in [6, 6.07) is 7.20. The molecule has 0 saturated heterocycles. The van der Waals surface area contributed by atoms with Gasteiger partial charge in [0.25, 0.3) is 0 Å². The topological polar surface area (TPSA) is 90.9 Å². The highest BCUT2D eigenvalue weighted by Gasteiger charge is 2.13. The molecule has 0 spiro atoms. The Morgan fingerprint density at radius 1 is 1.42 bits per heavy atom. The average molecular weight is 260 g/mol. The Bertz CT molecular complexity index is 578. The summed E-state index contributed by atoms with van der Waals surface area (Å²) in [4.78, 5) is 15.7. The van der Waals surface area contributed by atoms with Crippen LogP contribution in [0.4, 0.5) is 5.69 Å². The van der Waals surface area contributed by atoms with Gasteiger partial charge in [0, 0.05) is 11.5 Å². The third-order valence-electron chi connectivity index (χ3n) is 2.64. The van der Waals surface area contributed by atoms with E-state index < -0.39 is 12.5 Å². The van der Waals surface area contributed by atoms with Crippen LogP contribution in [-0.2, 0) is 4.79 Å². The van der Waals surface area contributed by atoms with Gasteiger partial charge in [-0.2, -0.15) is 5.10 Å². The molecule has 2 rings (SSSR count). The van der Waals surface area contributed by atoms with E-state index in [2.05, 4.69) is 20.5 Å². The van der Waals surface area contributed by atoms with E-state index in [-0.39, 0.29) is 5.92 Å². The van der Waals surface area contributed by atoms with E-state index in [1.54, 1.807) is 12.1 Å². The second-order valence-corrected chi connectivity index (χ2v) is 4.45. The monoisotopic (exact) mass is 260 g/mol. The Morgan fingerprint density at radius 2 is 2.16 bits per heavy atom. The summed E-state index contributed by atoms with van der Waals surface area (Å²) in [6.07, 6.45) is 0. The van der Waals surface area contributed by atoms with Crippen LogP contribution in [0.15, 0.2) is 24.3 Å². The maximum absolute atomic E-state index is 11.3. The number of aromatic amines is 1. The number of hydrogen-bond acceptors (Lipinski definition) is 4. The molecule has 0 aliphatic carbocycles. The molecule has 0 bridgehead atoms. The highest BCUT2D eigenvalue weighted by molar-refractivity contribution is 5.95. The fourth-order valence-electron chi connectivity index (χ4n) is 1.63. The molecule has 1 aromatic carbocycles. The number of anilines is 1. The molecule has 0 aliphatic heterocycles. The molecule has 1 amide bonds. The zero-order valence-corrected chi connectivity index (χ0v) is 10.8. The van der Waals surface area contributed by atoms with Gasteiger partial charge < -0.3 is 10.4 Å². The number of benzene rings is 1. The van der Waals surface area contributed by atoms with Crippen molar-refractivity contribution >= 4 is 11.6 Å². The molecule has 3 N–H and O–H groups in total. The Labute approximate surface area is 110 Å². The van der Waals surface area contributed by atoms with E-state index >= 15 is 0 Å². The summed E-state index contributed by atoms with van der Waals surface area (Å²) in [5.41, 5.74) is 1.29. The highest BCUT2D eigenvalue weighted by Crippen LogP contribution is 2.25. The van der Waals surface area contributed by atoms with Gasteiger partial charge in [0.05, 0.1) is 5.69 Å². The predicted molar refractivity (Wildman–Crippen MR) is 71.6 cm³/mol. The van der Waals surface area contributed by atoms with Gasteiger partial charge >= 0.3 is 0 Å². The minimum absolute atomic E-state index is 0.250. The number of aliphatic hydroxyl groups excluding tert-OH is 1. The van der Waals surface area contributed by atoms with E-state index in [9.17, 15) is 4.79 Å². The number of rotatable bonds is 4. The first-order valence-electron chi connectivity index (χ1n) is 6.04. The van der Waals surface area contributed by atoms with Crippen molar-refractivity contribution in [3.8, 4) is 11.4 Å². The Hall–Kier alpha value is -2.21. The molecular formula is C13H16N4O2. The molecule has 0 fully saturated rings. The minimum Gasteiger partial charge on any atom is -0.387 e. The molecule has 0 radical (unpaired) electrons. The van der Waals surface area contributed by atoms with Gasteiger partial charge in [0.1, 0.15) is 12.4 Å². The fourth-order valence-corrected chi connectivity index (χ4v) is 1.63. The predicted octanol–water partition coefficient (Wildman–Crippen LogP) is 1.53. The summed E-state index contributed by atoms with van der Waals surface area (Å²) >= 11 is 0. The van der Waals surface area contributed by atoms with Crippen molar-refractivity contribution in [2.75, 3.05) is 11.9 Å². The number of amides is 1. The van der Waals surface area contributed by atoms with Gasteiger partial charge in [0.2, 0.25) is 5.91 Å². The van der Waals surface area contributed by atoms with Crippen LogP contribution in [0, 0.1) is 0 Å². The number of carbonyl (C=O) groups is 1. The Balaban J connectivity index is 2.35. The molecule has 100 valence electrons. The normalized spacial score (nSPS) is 10.7. The quantitative estimate of drug-likeness (QED) is 0.777. The smallest absolute Gasteiger partial charge is 0.250 e. The lowest BCUT2D eigenvalue weighted by Crippen LogP contribution is -2.16. The number of aliphatic hydroxyl groups is 1. The molecule has 1 heterocycles. The van der Waals surface area contributed by atoms with Crippen molar-refractivity contribution < 1.29 is 9.90 Å². The number of aromatic nitrogens is 3. The maximum atomic E-state index is 11.3. The van der Waals surface area contributed by atoms with Crippen LogP contribution in [-0.4, -0.2) is 32.8 Å². The van der Waals surface area contributed by atoms with Crippen LogP contribution in [0.2, 0.25) is 0 Å². The number of nitrogens with one attached hydrogen (secondary N) is 2. The van der Waals surface area contributed by atoms with Gasteiger partial charge in [-0.15, -0.1) is 0 Å². The summed E-state index contributed by atoms with van der Waals surface area (Å²) in [5, 5.41) is 18.4. The second kappa shape index (κ2) is 5.62. The molecule has 0 unspecified atom stereocenters. The van der Waals surface area contributed by atoms with E-state index in [1.165, 1.54) is 0 Å². The molecule has 2 aromatic rings. The van der Waals surface area contributed by atoms with Crippen LogP contribution >= 0.6 is 0 Å². The molecule has 6 heteroatoms. The molecule has 6 nitrogen and oxygen atoms in total. The van der Waals surface area contributed by atoms with E-state index in [0.29, 0.717) is 17.1 Å². The van der Waals surface area contributed by atoms with Crippen LogP contribution in [0.3, 0.4) is 0 Å². The van der Waals surface area contributed by atoms with Crippen molar-refractivity contribution in [1.29, 1.82) is 0 Å². The van der Waals surface area contributed by atoms with Crippen molar-refractivity contribution in [1.82, 2.24) is 15.2 Å². The number of H-pyrrole nitrogens is 1. The zero-order chi connectivity index (χ0) is 13.8. The third-order valence-corrected chi connectivity index (χ3v) is 2.64. The summed E-state index contributed by atoms with van der Waals surface area (Å²) < 4.78 is 0. The van der Waals surface area contributed by atoms with Crippen molar-refractivity contribution in [2.24, 2.45) is 0 Å². The van der Waals surface area contributed by atoms with Gasteiger partial charge in [0.15, 0.2) is 5.82 Å². The van der Waals surface area contributed by atoms with Gasteiger partial charge in [-0.3, -0.25) is 9.89 Å². The van der Waals surface area contributed by atoms with Crippen molar-refractivity contribution in [3.05, 3.63) is 30.1 Å². The summed E-state index contributed by atoms with van der Waals surface area (Å²) in [6.45, 7) is 3.48. The molecular weight excluding hydrogens is 244 g/mol. The molecule has 0 aliphatic rings. The summed E-state index contributed by atoms with van der Waals surface area (Å²) in [5.74, 6) is 1.10.